The molecule has 32 heavy (non-hydrogen) atoms. The molecule has 1 fully saturated rings. The van der Waals surface area contributed by atoms with Crippen molar-refractivity contribution in [1.82, 2.24) is 0 Å². The molecule has 0 saturated heterocycles. The lowest BCUT2D eigenvalue weighted by atomic mass is 9.69. The second-order valence-electron chi connectivity index (χ2n) is 9.64. The molecule has 0 heterocycles. The predicted octanol–water partition coefficient (Wildman–Crippen LogP) is 4.99. The Labute approximate surface area is 193 Å². The first-order valence-corrected chi connectivity index (χ1v) is 12.1. The smallest absolute Gasteiger partial charge is 0.122 e. The van der Waals surface area contributed by atoms with E-state index in [1.165, 1.54) is 22.3 Å². The van der Waals surface area contributed by atoms with E-state index < -0.39 is 11.7 Å². The molecule has 0 amide bonds. The minimum atomic E-state index is -0.869. The third-order valence-electron chi connectivity index (χ3n) is 7.62. The maximum Gasteiger partial charge on any atom is 0.122 e. The molecule has 2 aromatic carbocycles. The maximum absolute atomic E-state index is 10.5. The molecule has 4 nitrogen and oxygen atoms in total. The number of aliphatic hydroxyl groups excluding tert-OH is 2. The van der Waals surface area contributed by atoms with Crippen LogP contribution in [0.1, 0.15) is 80.2 Å². The molecule has 3 rings (SSSR count). The fourth-order valence-electron chi connectivity index (χ4n) is 5.06. The Morgan fingerprint density at radius 2 is 1.62 bits per heavy atom. The van der Waals surface area contributed by atoms with Gasteiger partial charge in [-0.05, 0) is 92.7 Å². The summed E-state index contributed by atoms with van der Waals surface area (Å²) in [4.78, 5) is 0. The number of rotatable bonds is 11. The first-order chi connectivity index (χ1) is 15.3. The van der Waals surface area contributed by atoms with Crippen molar-refractivity contribution in [3.8, 4) is 5.75 Å². The average Bonchev–Trinajstić information content (AvgIpc) is 2.77. The molecular formula is C28H40O4. The molecule has 176 valence electrons. The zero-order valence-electron chi connectivity index (χ0n) is 20.2. The highest BCUT2D eigenvalue weighted by atomic mass is 16.5. The number of benzene rings is 2. The Kier molecular flexibility index (Phi) is 8.02. The average molecular weight is 441 g/mol. The second kappa shape index (κ2) is 10.4. The Bertz CT molecular complexity index is 896. The summed E-state index contributed by atoms with van der Waals surface area (Å²) >= 11 is 0. The SMILES string of the molecule is CCC(CC)(c1ccc(CCC2(O)CCC2)c(C)c1)c1ccc(OCC(O)CO)c(C)c1. The van der Waals surface area contributed by atoms with Crippen LogP contribution in [0.5, 0.6) is 5.75 Å². The van der Waals surface area contributed by atoms with Crippen LogP contribution in [-0.4, -0.2) is 40.2 Å². The van der Waals surface area contributed by atoms with Crippen LogP contribution >= 0.6 is 0 Å². The van der Waals surface area contributed by atoms with Crippen molar-refractivity contribution in [2.45, 2.75) is 89.8 Å². The van der Waals surface area contributed by atoms with E-state index in [1.807, 2.05) is 13.0 Å². The van der Waals surface area contributed by atoms with Crippen molar-refractivity contribution in [2.75, 3.05) is 13.2 Å². The van der Waals surface area contributed by atoms with Crippen LogP contribution < -0.4 is 4.74 Å². The number of hydrogen-bond donors (Lipinski definition) is 3. The van der Waals surface area contributed by atoms with Crippen LogP contribution in [0, 0.1) is 13.8 Å². The summed E-state index contributed by atoms with van der Waals surface area (Å²) < 4.78 is 5.70. The quantitative estimate of drug-likeness (QED) is 0.460. The topological polar surface area (TPSA) is 69.9 Å². The zero-order valence-corrected chi connectivity index (χ0v) is 20.2. The summed E-state index contributed by atoms with van der Waals surface area (Å²) in [7, 11) is 0. The minimum Gasteiger partial charge on any atom is -0.491 e. The fraction of sp³-hybridized carbons (Fsp3) is 0.571. The van der Waals surface area contributed by atoms with Crippen LogP contribution in [-0.2, 0) is 11.8 Å². The molecule has 3 N–H and O–H groups in total. The molecule has 1 aliphatic carbocycles. The third kappa shape index (κ3) is 5.19. The van der Waals surface area contributed by atoms with Crippen molar-refractivity contribution in [2.24, 2.45) is 0 Å². The van der Waals surface area contributed by atoms with Crippen molar-refractivity contribution in [3.05, 3.63) is 64.2 Å². The van der Waals surface area contributed by atoms with E-state index in [4.69, 9.17) is 9.84 Å². The van der Waals surface area contributed by atoms with Crippen LogP contribution in [0.3, 0.4) is 0 Å². The van der Waals surface area contributed by atoms with Crippen molar-refractivity contribution in [1.29, 1.82) is 0 Å². The highest BCUT2D eigenvalue weighted by Gasteiger charge is 2.34. The van der Waals surface area contributed by atoms with Gasteiger partial charge < -0.3 is 20.1 Å². The Balaban J connectivity index is 1.84. The van der Waals surface area contributed by atoms with E-state index in [0.29, 0.717) is 0 Å². The summed E-state index contributed by atoms with van der Waals surface area (Å²) in [6.45, 7) is 8.49. The molecule has 1 saturated carbocycles. The van der Waals surface area contributed by atoms with Crippen molar-refractivity contribution in [3.63, 3.8) is 0 Å². The fourth-order valence-corrected chi connectivity index (χ4v) is 5.06. The van der Waals surface area contributed by atoms with Gasteiger partial charge in [-0.25, -0.2) is 0 Å². The number of aryl methyl sites for hydroxylation is 3. The number of aliphatic hydroxyl groups is 3. The molecule has 1 aliphatic rings. The standard InChI is InChI=1S/C28H40O4/c1-5-28(6-2,24-10-11-26(21(4)17-24)32-19-25(30)18-29)23-9-8-22(20(3)16-23)12-15-27(31)13-7-14-27/h8-11,16-17,25,29-31H,5-7,12-15,18-19H2,1-4H3. The number of hydrogen-bond acceptors (Lipinski definition) is 4. The van der Waals surface area contributed by atoms with Gasteiger partial charge in [0, 0.05) is 5.41 Å². The molecule has 1 atom stereocenters. The van der Waals surface area contributed by atoms with E-state index in [0.717, 1.165) is 56.3 Å². The van der Waals surface area contributed by atoms with Gasteiger partial charge >= 0.3 is 0 Å². The molecule has 0 aromatic heterocycles. The van der Waals surface area contributed by atoms with Crippen LogP contribution in [0.25, 0.3) is 0 Å². The molecule has 0 radical (unpaired) electrons. The van der Waals surface area contributed by atoms with E-state index >= 15 is 0 Å². The van der Waals surface area contributed by atoms with E-state index in [-0.39, 0.29) is 18.6 Å². The Hall–Kier alpha value is -1.88. The molecule has 0 bridgehead atoms. The van der Waals surface area contributed by atoms with Gasteiger partial charge in [-0.15, -0.1) is 0 Å². The summed E-state index contributed by atoms with van der Waals surface area (Å²) in [5, 5.41) is 29.1. The summed E-state index contributed by atoms with van der Waals surface area (Å²) in [6.07, 6.45) is 5.93. The van der Waals surface area contributed by atoms with Crippen LogP contribution in [0.15, 0.2) is 36.4 Å². The minimum absolute atomic E-state index is 0.0800. The molecule has 0 spiro atoms. The normalized spacial score (nSPS) is 16.5. The summed E-state index contributed by atoms with van der Waals surface area (Å²) in [5.41, 5.74) is 5.74. The van der Waals surface area contributed by atoms with Gasteiger partial charge in [0.1, 0.15) is 18.5 Å². The van der Waals surface area contributed by atoms with E-state index in [2.05, 4.69) is 51.1 Å². The second-order valence-corrected chi connectivity index (χ2v) is 9.64. The molecule has 4 heteroatoms. The number of ether oxygens (including phenoxy) is 1. The predicted molar refractivity (Wildman–Crippen MR) is 129 cm³/mol. The molecular weight excluding hydrogens is 400 g/mol. The third-order valence-corrected chi connectivity index (χ3v) is 7.62. The van der Waals surface area contributed by atoms with Crippen LogP contribution in [0.4, 0.5) is 0 Å². The van der Waals surface area contributed by atoms with Crippen molar-refractivity contribution >= 4 is 0 Å². The van der Waals surface area contributed by atoms with Crippen LogP contribution in [0.2, 0.25) is 0 Å². The van der Waals surface area contributed by atoms with E-state index in [1.54, 1.807) is 0 Å². The zero-order chi connectivity index (χ0) is 23.4. The summed E-state index contributed by atoms with van der Waals surface area (Å²) in [6, 6.07) is 13.2. The van der Waals surface area contributed by atoms with Crippen molar-refractivity contribution < 1.29 is 20.1 Å². The largest absolute Gasteiger partial charge is 0.491 e. The van der Waals surface area contributed by atoms with Gasteiger partial charge in [0.15, 0.2) is 0 Å². The molecule has 2 aromatic rings. The van der Waals surface area contributed by atoms with Gasteiger partial charge in [0.05, 0.1) is 12.2 Å². The highest BCUT2D eigenvalue weighted by molar-refractivity contribution is 5.47. The molecule has 0 aliphatic heterocycles. The van der Waals surface area contributed by atoms with Gasteiger partial charge in [0.25, 0.3) is 0 Å². The monoisotopic (exact) mass is 440 g/mol. The lowest BCUT2D eigenvalue weighted by molar-refractivity contribution is -0.0398. The summed E-state index contributed by atoms with van der Waals surface area (Å²) in [5.74, 6) is 0.739. The van der Waals surface area contributed by atoms with Gasteiger partial charge in [0.2, 0.25) is 0 Å². The Morgan fingerprint density at radius 1 is 1.00 bits per heavy atom. The lowest BCUT2D eigenvalue weighted by Gasteiger charge is -2.37. The lowest BCUT2D eigenvalue weighted by Crippen LogP contribution is -2.37. The first-order valence-electron chi connectivity index (χ1n) is 12.1. The maximum atomic E-state index is 10.5. The van der Waals surface area contributed by atoms with Gasteiger partial charge in [-0.3, -0.25) is 0 Å². The molecule has 1 unspecified atom stereocenters. The Morgan fingerprint density at radius 3 is 2.12 bits per heavy atom. The van der Waals surface area contributed by atoms with E-state index in [9.17, 15) is 10.2 Å². The van der Waals surface area contributed by atoms with Gasteiger partial charge in [-0.1, -0.05) is 44.2 Å². The van der Waals surface area contributed by atoms with Gasteiger partial charge in [-0.2, -0.15) is 0 Å². The highest BCUT2D eigenvalue weighted by Crippen LogP contribution is 2.41. The first kappa shape index (κ1) is 24.8.